The van der Waals surface area contributed by atoms with Gasteiger partial charge in [-0.15, -0.1) is 11.3 Å². The zero-order chi connectivity index (χ0) is 15.5. The number of nitrogens with zero attached hydrogens (tertiary/aromatic N) is 2. The highest BCUT2D eigenvalue weighted by atomic mass is 32.1. The molecule has 1 fully saturated rings. The normalized spacial score (nSPS) is 20.4. The molecule has 3 nitrogen and oxygen atoms in total. The van der Waals surface area contributed by atoms with Crippen molar-refractivity contribution in [1.82, 2.24) is 9.88 Å². The molecule has 1 aliphatic heterocycles. The molecule has 2 heterocycles. The number of thiazole rings is 1. The molecule has 3 rings (SSSR count). The second kappa shape index (κ2) is 6.86. The molecular weight excluding hydrogens is 299 g/mol. The van der Waals surface area contributed by atoms with E-state index in [9.17, 15) is 9.50 Å². The van der Waals surface area contributed by atoms with Crippen molar-refractivity contribution in [3.8, 4) is 10.6 Å². The van der Waals surface area contributed by atoms with Gasteiger partial charge in [0.15, 0.2) is 0 Å². The average Bonchev–Trinajstić information content (AvgIpc) is 3.10. The van der Waals surface area contributed by atoms with E-state index >= 15 is 0 Å². The Morgan fingerprint density at radius 2 is 2.27 bits per heavy atom. The average molecular weight is 320 g/mol. The minimum absolute atomic E-state index is 0.225. The minimum Gasteiger partial charge on any atom is -0.393 e. The second-order valence-corrected chi connectivity index (χ2v) is 6.83. The van der Waals surface area contributed by atoms with Crippen molar-refractivity contribution in [3.63, 3.8) is 0 Å². The number of benzene rings is 1. The summed E-state index contributed by atoms with van der Waals surface area (Å²) < 4.78 is 13.8. The summed E-state index contributed by atoms with van der Waals surface area (Å²) in [6, 6.07) is 7.19. The van der Waals surface area contributed by atoms with Gasteiger partial charge in [0.2, 0.25) is 0 Å². The summed E-state index contributed by atoms with van der Waals surface area (Å²) in [4.78, 5) is 6.97. The van der Waals surface area contributed by atoms with Crippen LogP contribution in [0.1, 0.15) is 31.9 Å². The molecular formula is C17H21FN2OS. The van der Waals surface area contributed by atoms with E-state index in [2.05, 4.69) is 9.88 Å². The molecule has 1 aromatic heterocycles. The maximum absolute atomic E-state index is 13.8. The number of hydrogen-bond acceptors (Lipinski definition) is 4. The third-order valence-corrected chi connectivity index (χ3v) is 5.06. The monoisotopic (exact) mass is 320 g/mol. The van der Waals surface area contributed by atoms with E-state index in [1.165, 1.54) is 23.8 Å². The molecule has 2 atom stereocenters. The summed E-state index contributed by atoms with van der Waals surface area (Å²) in [5.74, 6) is -0.225. The van der Waals surface area contributed by atoms with Crippen LogP contribution >= 0.6 is 11.3 Å². The van der Waals surface area contributed by atoms with Crippen molar-refractivity contribution in [2.24, 2.45) is 0 Å². The molecule has 0 spiro atoms. The van der Waals surface area contributed by atoms with Gasteiger partial charge < -0.3 is 5.11 Å². The van der Waals surface area contributed by atoms with E-state index in [0.29, 0.717) is 11.6 Å². The van der Waals surface area contributed by atoms with Crippen molar-refractivity contribution in [2.75, 3.05) is 6.54 Å². The molecule has 0 bridgehead atoms. The molecule has 0 radical (unpaired) electrons. The Balaban J connectivity index is 1.71. The van der Waals surface area contributed by atoms with Crippen LogP contribution in [0.15, 0.2) is 29.6 Å². The van der Waals surface area contributed by atoms with Crippen LogP contribution in [0.25, 0.3) is 10.6 Å². The summed E-state index contributed by atoms with van der Waals surface area (Å²) in [6.07, 6.45) is 2.84. The number of likely N-dealkylation sites (tertiary alicyclic amines) is 1. The highest BCUT2D eigenvalue weighted by Crippen LogP contribution is 2.28. The fraction of sp³-hybridized carbons (Fsp3) is 0.471. The Morgan fingerprint density at radius 3 is 3.05 bits per heavy atom. The molecule has 0 saturated carbocycles. The van der Waals surface area contributed by atoms with Crippen LogP contribution < -0.4 is 0 Å². The van der Waals surface area contributed by atoms with E-state index in [4.69, 9.17) is 0 Å². The van der Waals surface area contributed by atoms with E-state index < -0.39 is 0 Å². The fourth-order valence-electron chi connectivity index (χ4n) is 3.11. The summed E-state index contributed by atoms with van der Waals surface area (Å²) in [6.45, 7) is 3.67. The first-order valence-corrected chi connectivity index (χ1v) is 8.63. The summed E-state index contributed by atoms with van der Waals surface area (Å²) in [5, 5.41) is 12.3. The van der Waals surface area contributed by atoms with E-state index in [0.717, 1.165) is 36.6 Å². The smallest absolute Gasteiger partial charge is 0.133 e. The Hall–Kier alpha value is -1.30. The quantitative estimate of drug-likeness (QED) is 0.913. The van der Waals surface area contributed by atoms with E-state index in [1.807, 2.05) is 18.4 Å². The Kier molecular flexibility index (Phi) is 4.86. The lowest BCUT2D eigenvalue weighted by atomic mass is 10.1. The van der Waals surface area contributed by atoms with Gasteiger partial charge in [0.25, 0.3) is 0 Å². The number of aliphatic hydroxyl groups excluding tert-OH is 1. The lowest BCUT2D eigenvalue weighted by molar-refractivity contribution is 0.130. The molecule has 5 heteroatoms. The SMILES string of the molecule is CC(O)CC1CCCN1Cc1csc(-c2ccccc2F)n1. The van der Waals surface area contributed by atoms with Crippen LogP contribution in [-0.2, 0) is 6.54 Å². The lowest BCUT2D eigenvalue weighted by Crippen LogP contribution is -2.31. The summed E-state index contributed by atoms with van der Waals surface area (Å²) in [7, 11) is 0. The van der Waals surface area contributed by atoms with Crippen molar-refractivity contribution in [3.05, 3.63) is 41.2 Å². The van der Waals surface area contributed by atoms with Crippen LogP contribution in [-0.4, -0.2) is 33.7 Å². The van der Waals surface area contributed by atoms with Crippen LogP contribution in [0.5, 0.6) is 0 Å². The van der Waals surface area contributed by atoms with Gasteiger partial charge in [-0.1, -0.05) is 12.1 Å². The molecule has 1 aromatic carbocycles. The van der Waals surface area contributed by atoms with E-state index in [-0.39, 0.29) is 11.9 Å². The zero-order valence-electron chi connectivity index (χ0n) is 12.7. The van der Waals surface area contributed by atoms with Gasteiger partial charge in [-0.3, -0.25) is 4.90 Å². The molecule has 1 N–H and O–H groups in total. The number of rotatable bonds is 5. The molecule has 118 valence electrons. The standard InChI is InChI=1S/C17H21FN2OS/c1-12(21)9-14-5-4-8-20(14)10-13-11-22-17(19-13)15-6-2-3-7-16(15)18/h2-3,6-7,11-12,14,21H,4-5,8-10H2,1H3. The molecule has 0 aliphatic carbocycles. The number of hydrogen-bond donors (Lipinski definition) is 1. The highest BCUT2D eigenvalue weighted by Gasteiger charge is 2.26. The van der Waals surface area contributed by atoms with Crippen molar-refractivity contribution in [2.45, 2.75) is 44.9 Å². The maximum Gasteiger partial charge on any atom is 0.133 e. The van der Waals surface area contributed by atoms with Crippen LogP contribution in [0.3, 0.4) is 0 Å². The predicted molar refractivity (Wildman–Crippen MR) is 87.2 cm³/mol. The molecule has 2 aromatic rings. The van der Waals surface area contributed by atoms with Crippen LogP contribution in [0, 0.1) is 5.82 Å². The van der Waals surface area contributed by atoms with Gasteiger partial charge in [0.1, 0.15) is 10.8 Å². The first kappa shape index (κ1) is 15.6. The molecule has 22 heavy (non-hydrogen) atoms. The first-order valence-electron chi connectivity index (χ1n) is 7.75. The van der Waals surface area contributed by atoms with Crippen molar-refractivity contribution >= 4 is 11.3 Å². The van der Waals surface area contributed by atoms with Gasteiger partial charge in [-0.2, -0.15) is 0 Å². The van der Waals surface area contributed by atoms with Gasteiger partial charge in [0, 0.05) is 23.5 Å². The predicted octanol–water partition coefficient (Wildman–Crippen LogP) is 3.68. The Morgan fingerprint density at radius 1 is 1.45 bits per heavy atom. The summed E-state index contributed by atoms with van der Waals surface area (Å²) in [5.41, 5.74) is 1.56. The van der Waals surface area contributed by atoms with Gasteiger partial charge in [-0.05, 0) is 44.9 Å². The zero-order valence-corrected chi connectivity index (χ0v) is 13.5. The van der Waals surface area contributed by atoms with Crippen molar-refractivity contribution in [1.29, 1.82) is 0 Å². The number of aliphatic hydroxyl groups is 1. The third-order valence-electron chi connectivity index (χ3n) is 4.13. The Labute approximate surface area is 134 Å². The second-order valence-electron chi connectivity index (χ2n) is 5.98. The minimum atomic E-state index is -0.269. The number of aromatic nitrogens is 1. The van der Waals surface area contributed by atoms with Crippen LogP contribution in [0.4, 0.5) is 4.39 Å². The largest absolute Gasteiger partial charge is 0.393 e. The number of halogens is 1. The van der Waals surface area contributed by atoms with Gasteiger partial charge in [0.05, 0.1) is 11.8 Å². The molecule has 1 saturated heterocycles. The highest BCUT2D eigenvalue weighted by molar-refractivity contribution is 7.13. The lowest BCUT2D eigenvalue weighted by Gasteiger charge is -2.24. The molecule has 0 amide bonds. The third kappa shape index (κ3) is 3.54. The molecule has 2 unspecified atom stereocenters. The Bertz CT molecular complexity index is 629. The van der Waals surface area contributed by atoms with Crippen LogP contribution in [0.2, 0.25) is 0 Å². The van der Waals surface area contributed by atoms with Crippen molar-refractivity contribution < 1.29 is 9.50 Å². The molecule has 1 aliphatic rings. The van der Waals surface area contributed by atoms with Gasteiger partial charge >= 0.3 is 0 Å². The van der Waals surface area contributed by atoms with E-state index in [1.54, 1.807) is 12.1 Å². The summed E-state index contributed by atoms with van der Waals surface area (Å²) >= 11 is 1.49. The first-order chi connectivity index (χ1) is 10.6. The fourth-order valence-corrected chi connectivity index (χ4v) is 3.95. The maximum atomic E-state index is 13.8. The topological polar surface area (TPSA) is 36.4 Å². The van der Waals surface area contributed by atoms with Gasteiger partial charge in [-0.25, -0.2) is 9.37 Å².